The van der Waals surface area contributed by atoms with Crippen LogP contribution in [0.25, 0.3) is 33.5 Å². The standard InChI is InChI=1S/C27H33F2N9O/c1-15-32-20-10-9-19(34-25(20)38(15)14-21(28)29)18-13-31-24-22(18)23(30-2)35-27(36-24)33-17-7-5-16(6-8-17)26(39)37-11-3-4-12-37/h9-10,13,16-17,21H,3-8,11-12,14H2,1-2H3,(H3,30,31,33,35,36)/t16-,17-. The third-order valence-corrected chi connectivity index (χ3v) is 7.98. The summed E-state index contributed by atoms with van der Waals surface area (Å²) in [6.45, 7) is 3.05. The minimum Gasteiger partial charge on any atom is -0.372 e. The molecule has 1 amide bonds. The summed E-state index contributed by atoms with van der Waals surface area (Å²) in [5.74, 6) is 2.09. The Morgan fingerprint density at radius 1 is 1.10 bits per heavy atom. The molecule has 0 atom stereocenters. The van der Waals surface area contributed by atoms with E-state index in [1.54, 1.807) is 20.0 Å². The molecule has 2 fully saturated rings. The van der Waals surface area contributed by atoms with Crippen LogP contribution in [-0.2, 0) is 11.3 Å². The fourth-order valence-corrected chi connectivity index (χ4v) is 5.96. The molecule has 2 aliphatic rings. The number of hydrogen-bond acceptors (Lipinski definition) is 7. The fourth-order valence-electron chi connectivity index (χ4n) is 5.96. The molecule has 4 aromatic rings. The second-order valence-corrected chi connectivity index (χ2v) is 10.5. The number of amides is 1. The number of rotatable bonds is 7. The summed E-state index contributed by atoms with van der Waals surface area (Å²) in [6.07, 6.45) is 5.07. The average Bonchev–Trinajstić information content (AvgIpc) is 3.68. The summed E-state index contributed by atoms with van der Waals surface area (Å²) in [7, 11) is 1.80. The van der Waals surface area contributed by atoms with Gasteiger partial charge in [-0.1, -0.05) is 0 Å². The van der Waals surface area contributed by atoms with Crippen LogP contribution in [0, 0.1) is 12.8 Å². The summed E-state index contributed by atoms with van der Waals surface area (Å²) < 4.78 is 27.8. The number of carbonyl (C=O) groups excluding carboxylic acids is 1. The molecule has 5 heterocycles. The first kappa shape index (κ1) is 25.4. The van der Waals surface area contributed by atoms with Crippen molar-refractivity contribution >= 4 is 39.9 Å². The highest BCUT2D eigenvalue weighted by Gasteiger charge is 2.31. The van der Waals surface area contributed by atoms with Gasteiger partial charge in [-0.15, -0.1) is 0 Å². The van der Waals surface area contributed by atoms with Gasteiger partial charge in [0.1, 0.15) is 22.8 Å². The highest BCUT2D eigenvalue weighted by molar-refractivity contribution is 6.01. The fraction of sp³-hybridized carbons (Fsp3) is 0.519. The number of imidazole rings is 1. The highest BCUT2D eigenvalue weighted by atomic mass is 19.3. The summed E-state index contributed by atoms with van der Waals surface area (Å²) >= 11 is 0. The smallest absolute Gasteiger partial charge is 0.256 e. The Morgan fingerprint density at radius 2 is 1.87 bits per heavy atom. The monoisotopic (exact) mass is 537 g/mol. The lowest BCUT2D eigenvalue weighted by Gasteiger charge is -2.30. The van der Waals surface area contributed by atoms with Gasteiger partial charge in [-0.25, -0.2) is 18.7 Å². The topological polar surface area (TPSA) is 117 Å². The lowest BCUT2D eigenvalue weighted by molar-refractivity contribution is -0.135. The Hall–Kier alpha value is -3.83. The molecular formula is C27H33F2N9O. The number of aromatic nitrogens is 6. The minimum absolute atomic E-state index is 0.119. The molecular weight excluding hydrogens is 504 g/mol. The van der Waals surface area contributed by atoms with E-state index in [4.69, 9.17) is 15.0 Å². The van der Waals surface area contributed by atoms with Crippen LogP contribution < -0.4 is 10.6 Å². The van der Waals surface area contributed by atoms with E-state index in [2.05, 4.69) is 20.6 Å². The number of likely N-dealkylation sites (tertiary alicyclic amines) is 1. The molecule has 3 N–H and O–H groups in total. The molecule has 0 radical (unpaired) electrons. The summed E-state index contributed by atoms with van der Waals surface area (Å²) in [4.78, 5) is 36.6. The van der Waals surface area contributed by atoms with E-state index < -0.39 is 13.0 Å². The molecule has 12 heteroatoms. The van der Waals surface area contributed by atoms with Gasteiger partial charge >= 0.3 is 0 Å². The quantitative estimate of drug-likeness (QED) is 0.316. The summed E-state index contributed by atoms with van der Waals surface area (Å²) in [5, 5.41) is 7.41. The predicted octanol–water partition coefficient (Wildman–Crippen LogP) is 4.58. The summed E-state index contributed by atoms with van der Waals surface area (Å²) in [6, 6.07) is 3.83. The van der Waals surface area contributed by atoms with Crippen LogP contribution in [0.3, 0.4) is 0 Å². The predicted molar refractivity (Wildman–Crippen MR) is 146 cm³/mol. The zero-order valence-electron chi connectivity index (χ0n) is 22.2. The number of anilines is 2. The molecule has 1 aliphatic heterocycles. The first-order valence-corrected chi connectivity index (χ1v) is 13.7. The van der Waals surface area contributed by atoms with Crippen LogP contribution >= 0.6 is 0 Å². The number of halogens is 2. The Labute approximate surface area is 224 Å². The molecule has 4 aromatic heterocycles. The zero-order chi connectivity index (χ0) is 27.1. The molecule has 0 spiro atoms. The first-order chi connectivity index (χ1) is 18.9. The maximum Gasteiger partial charge on any atom is 0.256 e. The van der Waals surface area contributed by atoms with Crippen molar-refractivity contribution in [2.24, 2.45) is 5.92 Å². The van der Waals surface area contributed by atoms with Crippen LogP contribution in [-0.4, -0.2) is 72.9 Å². The average molecular weight is 538 g/mol. The first-order valence-electron chi connectivity index (χ1n) is 13.7. The van der Waals surface area contributed by atoms with Crippen LogP contribution in [0.5, 0.6) is 0 Å². The van der Waals surface area contributed by atoms with Crippen molar-refractivity contribution in [1.82, 2.24) is 34.4 Å². The van der Waals surface area contributed by atoms with Gasteiger partial charge in [0.05, 0.1) is 17.6 Å². The Kier molecular flexibility index (Phi) is 6.78. The van der Waals surface area contributed by atoms with E-state index in [1.165, 1.54) is 4.57 Å². The number of aromatic amines is 1. The van der Waals surface area contributed by atoms with Gasteiger partial charge in [0, 0.05) is 43.9 Å². The Morgan fingerprint density at radius 3 is 2.59 bits per heavy atom. The van der Waals surface area contributed by atoms with E-state index in [1.807, 2.05) is 17.2 Å². The normalized spacial score (nSPS) is 19.9. The van der Waals surface area contributed by atoms with E-state index in [0.29, 0.717) is 46.0 Å². The van der Waals surface area contributed by atoms with Gasteiger partial charge in [-0.05, 0) is 57.6 Å². The number of pyridine rings is 1. The van der Waals surface area contributed by atoms with Crippen LogP contribution in [0.4, 0.5) is 20.5 Å². The molecule has 0 bridgehead atoms. The molecule has 0 unspecified atom stereocenters. The molecule has 39 heavy (non-hydrogen) atoms. The SMILES string of the molecule is CNc1nc(N[C@H]2CC[C@H](C(=O)N3CCCC3)CC2)nc2[nH]cc(-c3ccc4nc(C)n(CC(F)F)c4n3)c12. The van der Waals surface area contributed by atoms with Crippen molar-refractivity contribution < 1.29 is 13.6 Å². The van der Waals surface area contributed by atoms with Crippen molar-refractivity contribution in [3.63, 3.8) is 0 Å². The maximum atomic E-state index is 13.2. The summed E-state index contributed by atoms with van der Waals surface area (Å²) in [5.41, 5.74) is 3.02. The number of nitrogens with zero attached hydrogens (tertiary/aromatic N) is 6. The number of hydrogen-bond donors (Lipinski definition) is 3. The van der Waals surface area contributed by atoms with Gasteiger partial charge in [0.2, 0.25) is 11.9 Å². The van der Waals surface area contributed by atoms with E-state index in [-0.39, 0.29) is 12.0 Å². The number of carbonyl (C=O) groups is 1. The molecule has 1 saturated carbocycles. The number of fused-ring (bicyclic) bond motifs is 2. The largest absolute Gasteiger partial charge is 0.372 e. The lowest BCUT2D eigenvalue weighted by atomic mass is 9.85. The number of alkyl halides is 2. The van der Waals surface area contributed by atoms with Gasteiger partial charge in [0.15, 0.2) is 5.65 Å². The van der Waals surface area contributed by atoms with Gasteiger partial charge in [-0.3, -0.25) is 4.79 Å². The van der Waals surface area contributed by atoms with Gasteiger partial charge in [0.25, 0.3) is 6.43 Å². The number of nitrogens with one attached hydrogen (secondary N) is 3. The van der Waals surface area contributed by atoms with Gasteiger partial charge in [-0.2, -0.15) is 9.97 Å². The second kappa shape index (κ2) is 10.4. The van der Waals surface area contributed by atoms with E-state index >= 15 is 0 Å². The molecule has 206 valence electrons. The van der Waals surface area contributed by atoms with Crippen LogP contribution in [0.2, 0.25) is 0 Å². The van der Waals surface area contributed by atoms with Crippen LogP contribution in [0.1, 0.15) is 44.3 Å². The van der Waals surface area contributed by atoms with Gasteiger partial charge < -0.3 is 25.1 Å². The minimum atomic E-state index is -2.50. The lowest BCUT2D eigenvalue weighted by Crippen LogP contribution is -2.37. The van der Waals surface area contributed by atoms with Crippen molar-refractivity contribution in [2.75, 3.05) is 30.8 Å². The molecule has 6 rings (SSSR count). The van der Waals surface area contributed by atoms with Crippen molar-refractivity contribution in [3.05, 3.63) is 24.2 Å². The number of H-pyrrole nitrogens is 1. The van der Waals surface area contributed by atoms with Crippen molar-refractivity contribution in [1.29, 1.82) is 0 Å². The maximum absolute atomic E-state index is 13.2. The molecule has 0 aromatic carbocycles. The third kappa shape index (κ3) is 4.87. The Bertz CT molecular complexity index is 1500. The third-order valence-electron chi connectivity index (χ3n) is 7.98. The Balaban J connectivity index is 1.23. The highest BCUT2D eigenvalue weighted by Crippen LogP contribution is 2.34. The zero-order valence-corrected chi connectivity index (χ0v) is 22.2. The van der Waals surface area contributed by atoms with E-state index in [9.17, 15) is 13.6 Å². The second-order valence-electron chi connectivity index (χ2n) is 10.5. The van der Waals surface area contributed by atoms with Crippen molar-refractivity contribution in [3.8, 4) is 11.3 Å². The van der Waals surface area contributed by atoms with E-state index in [0.717, 1.165) is 62.6 Å². The number of aryl methyl sites for hydroxylation is 1. The molecule has 1 saturated heterocycles. The molecule has 10 nitrogen and oxygen atoms in total. The molecule has 1 aliphatic carbocycles. The van der Waals surface area contributed by atoms with Crippen molar-refractivity contribution in [2.45, 2.75) is 64.5 Å². The van der Waals surface area contributed by atoms with Crippen LogP contribution in [0.15, 0.2) is 18.3 Å².